The summed E-state index contributed by atoms with van der Waals surface area (Å²) in [4.78, 5) is 36.7. The molecule has 4 aliphatic carbocycles. The zero-order valence-corrected chi connectivity index (χ0v) is 15.8. The second-order valence-corrected chi connectivity index (χ2v) is 8.76. The van der Waals surface area contributed by atoms with Crippen LogP contribution in [0.4, 0.5) is 0 Å². The predicted molar refractivity (Wildman–Crippen MR) is 99.0 cm³/mol. The molecule has 4 aliphatic rings. The number of hydrogen-bond acceptors (Lipinski definition) is 3. The summed E-state index contributed by atoms with van der Waals surface area (Å²) in [6.45, 7) is -0.106. The molecule has 1 aromatic rings. The molecule has 0 atom stereocenters. The number of aromatic nitrogens is 1. The van der Waals surface area contributed by atoms with Crippen molar-refractivity contribution in [1.82, 2.24) is 20.7 Å². The Hall–Kier alpha value is -2.31. The minimum atomic E-state index is -0.409. The predicted octanol–water partition coefficient (Wildman–Crippen LogP) is 1.05. The van der Waals surface area contributed by atoms with E-state index in [-0.39, 0.29) is 30.2 Å². The van der Waals surface area contributed by atoms with Crippen LogP contribution in [-0.2, 0) is 27.9 Å². The van der Waals surface area contributed by atoms with Gasteiger partial charge < -0.3 is 9.88 Å². The van der Waals surface area contributed by atoms with E-state index < -0.39 is 5.91 Å². The van der Waals surface area contributed by atoms with Crippen LogP contribution in [0.3, 0.4) is 0 Å². The third kappa shape index (κ3) is 3.73. The van der Waals surface area contributed by atoms with Crippen molar-refractivity contribution in [3.05, 3.63) is 24.0 Å². The molecule has 1 heterocycles. The fourth-order valence-corrected chi connectivity index (χ4v) is 5.81. The molecular weight excluding hydrogens is 344 g/mol. The number of aryl methyl sites for hydroxylation is 1. The van der Waals surface area contributed by atoms with E-state index in [1.807, 2.05) is 29.9 Å². The summed E-state index contributed by atoms with van der Waals surface area (Å²) in [5, 5.41) is 2.81. The van der Waals surface area contributed by atoms with Crippen LogP contribution in [0.15, 0.2) is 18.3 Å². The number of amides is 3. The average molecular weight is 372 g/mol. The smallest absolute Gasteiger partial charge is 0.257 e. The Balaban J connectivity index is 1.22. The molecule has 3 amide bonds. The van der Waals surface area contributed by atoms with Crippen molar-refractivity contribution < 1.29 is 14.4 Å². The van der Waals surface area contributed by atoms with Gasteiger partial charge in [0.05, 0.1) is 13.0 Å². The van der Waals surface area contributed by atoms with Crippen molar-refractivity contribution >= 4 is 17.7 Å². The molecule has 0 radical (unpaired) electrons. The van der Waals surface area contributed by atoms with Crippen molar-refractivity contribution in [3.8, 4) is 0 Å². The second kappa shape index (κ2) is 7.02. The number of nitrogens with zero attached hydrogens (tertiary/aromatic N) is 1. The highest BCUT2D eigenvalue weighted by Crippen LogP contribution is 2.60. The third-order valence-corrected chi connectivity index (χ3v) is 6.66. The Morgan fingerprint density at radius 3 is 2.19 bits per heavy atom. The van der Waals surface area contributed by atoms with E-state index in [4.69, 9.17) is 0 Å². The molecule has 0 aromatic carbocycles. The topological polar surface area (TPSA) is 92.2 Å². The van der Waals surface area contributed by atoms with E-state index in [2.05, 4.69) is 16.2 Å². The lowest BCUT2D eigenvalue weighted by atomic mass is 9.49. The Morgan fingerprint density at radius 2 is 1.63 bits per heavy atom. The monoisotopic (exact) mass is 372 g/mol. The molecule has 7 nitrogen and oxygen atoms in total. The molecule has 1 aromatic heterocycles. The van der Waals surface area contributed by atoms with Crippen molar-refractivity contribution in [1.29, 1.82) is 0 Å². The first-order valence-corrected chi connectivity index (χ1v) is 9.90. The third-order valence-electron chi connectivity index (χ3n) is 6.66. The Morgan fingerprint density at radius 1 is 1.04 bits per heavy atom. The molecule has 0 aliphatic heterocycles. The Bertz CT molecular complexity index is 719. The molecule has 7 heteroatoms. The maximum atomic E-state index is 12.8. The first-order chi connectivity index (χ1) is 12.9. The maximum absolute atomic E-state index is 12.8. The van der Waals surface area contributed by atoms with Crippen LogP contribution in [-0.4, -0.2) is 28.8 Å². The van der Waals surface area contributed by atoms with E-state index in [0.29, 0.717) is 17.8 Å². The van der Waals surface area contributed by atoms with Gasteiger partial charge in [-0.25, -0.2) is 0 Å². The maximum Gasteiger partial charge on any atom is 0.257 e. The van der Waals surface area contributed by atoms with Crippen molar-refractivity contribution in [2.24, 2.45) is 30.2 Å². The normalized spacial score (nSPS) is 30.8. The lowest BCUT2D eigenvalue weighted by Crippen LogP contribution is -2.55. The molecule has 27 heavy (non-hydrogen) atoms. The van der Waals surface area contributed by atoms with E-state index in [1.54, 1.807) is 0 Å². The standard InChI is InChI=1S/C20H28N4O3/c1-24-4-2-3-16(24)8-17(25)22-23-18(26)12-21-19(27)20-9-13-5-14(10-20)7-15(6-13)11-20/h2-4,13-15H,5-12H2,1H3,(H,21,27)(H,22,25)(H,23,26). The van der Waals surface area contributed by atoms with Gasteiger partial charge >= 0.3 is 0 Å². The van der Waals surface area contributed by atoms with E-state index in [1.165, 1.54) is 19.3 Å². The van der Waals surface area contributed by atoms with Crippen LogP contribution in [0, 0.1) is 23.2 Å². The van der Waals surface area contributed by atoms with Crippen LogP contribution in [0.5, 0.6) is 0 Å². The number of rotatable bonds is 5. The quantitative estimate of drug-likeness (QED) is 0.675. The molecule has 3 N–H and O–H groups in total. The van der Waals surface area contributed by atoms with Gasteiger partial charge in [0.15, 0.2) is 0 Å². The minimum absolute atomic E-state index is 0.0203. The molecule has 5 rings (SSSR count). The highest BCUT2D eigenvalue weighted by atomic mass is 16.2. The van der Waals surface area contributed by atoms with E-state index in [9.17, 15) is 14.4 Å². The van der Waals surface area contributed by atoms with Gasteiger partial charge in [0.2, 0.25) is 11.8 Å². The molecule has 0 spiro atoms. The summed E-state index contributed by atoms with van der Waals surface area (Å²) in [6.07, 6.45) is 8.80. The summed E-state index contributed by atoms with van der Waals surface area (Å²) in [7, 11) is 1.86. The van der Waals surface area contributed by atoms with Gasteiger partial charge in [-0.05, 0) is 68.4 Å². The zero-order valence-electron chi connectivity index (χ0n) is 15.8. The fraction of sp³-hybridized carbons (Fsp3) is 0.650. The van der Waals surface area contributed by atoms with Crippen molar-refractivity contribution in [2.75, 3.05) is 6.54 Å². The van der Waals surface area contributed by atoms with Crippen molar-refractivity contribution in [3.63, 3.8) is 0 Å². The van der Waals surface area contributed by atoms with Gasteiger partial charge in [0.1, 0.15) is 0 Å². The highest BCUT2D eigenvalue weighted by Gasteiger charge is 2.54. The van der Waals surface area contributed by atoms with Crippen molar-refractivity contribution in [2.45, 2.75) is 44.9 Å². The van der Waals surface area contributed by atoms with Gasteiger partial charge in [-0.3, -0.25) is 25.2 Å². The average Bonchev–Trinajstić information content (AvgIpc) is 3.01. The number of nitrogens with one attached hydrogen (secondary N) is 3. The van der Waals surface area contributed by atoms with Crippen LogP contribution >= 0.6 is 0 Å². The van der Waals surface area contributed by atoms with Gasteiger partial charge in [0, 0.05) is 24.4 Å². The van der Waals surface area contributed by atoms with E-state index >= 15 is 0 Å². The largest absolute Gasteiger partial charge is 0.354 e. The SMILES string of the molecule is Cn1cccc1CC(=O)NNC(=O)CNC(=O)C12CC3CC(CC(C3)C1)C2. The molecule has 4 fully saturated rings. The zero-order chi connectivity index (χ0) is 19.0. The summed E-state index contributed by atoms with van der Waals surface area (Å²) in [5.41, 5.74) is 5.38. The first kappa shape index (κ1) is 18.1. The molecular formula is C20H28N4O3. The Labute approximate surface area is 159 Å². The van der Waals surface area contributed by atoms with Crippen LogP contribution in [0.2, 0.25) is 0 Å². The second-order valence-electron chi connectivity index (χ2n) is 8.76. The van der Waals surface area contributed by atoms with Crippen LogP contribution < -0.4 is 16.2 Å². The number of hydrogen-bond donors (Lipinski definition) is 3. The molecule has 4 bridgehead atoms. The van der Waals surface area contributed by atoms with Gasteiger partial charge in [0.25, 0.3) is 5.91 Å². The van der Waals surface area contributed by atoms with Gasteiger partial charge in [-0.15, -0.1) is 0 Å². The van der Waals surface area contributed by atoms with Crippen LogP contribution in [0.1, 0.15) is 44.2 Å². The summed E-state index contributed by atoms with van der Waals surface area (Å²) in [6, 6.07) is 3.72. The first-order valence-electron chi connectivity index (χ1n) is 9.90. The highest BCUT2D eigenvalue weighted by molar-refractivity contribution is 5.89. The van der Waals surface area contributed by atoms with Crippen LogP contribution in [0.25, 0.3) is 0 Å². The van der Waals surface area contributed by atoms with Gasteiger partial charge in [-0.2, -0.15) is 0 Å². The van der Waals surface area contributed by atoms with E-state index in [0.717, 1.165) is 25.0 Å². The molecule has 146 valence electrons. The fourth-order valence-electron chi connectivity index (χ4n) is 5.81. The summed E-state index contributed by atoms with van der Waals surface area (Å²) >= 11 is 0. The number of carbonyl (C=O) groups excluding carboxylic acids is 3. The Kier molecular flexibility index (Phi) is 4.70. The lowest BCUT2D eigenvalue weighted by molar-refractivity contribution is -0.147. The lowest BCUT2D eigenvalue weighted by Gasteiger charge is -2.55. The summed E-state index contributed by atoms with van der Waals surface area (Å²) < 4.78 is 1.85. The minimum Gasteiger partial charge on any atom is -0.354 e. The molecule has 0 saturated heterocycles. The number of hydrazine groups is 1. The van der Waals surface area contributed by atoms with Gasteiger partial charge in [-0.1, -0.05) is 0 Å². The molecule has 0 unspecified atom stereocenters. The number of carbonyl (C=O) groups is 3. The summed E-state index contributed by atoms with van der Waals surface area (Å²) in [5.74, 6) is 1.38. The molecule has 4 saturated carbocycles.